The summed E-state index contributed by atoms with van der Waals surface area (Å²) >= 11 is 5.83. The molecule has 1 amide bonds. The number of para-hydroxylation sites is 1. The van der Waals surface area contributed by atoms with Crippen LogP contribution in [0.5, 0.6) is 11.5 Å². The minimum Gasteiger partial charge on any atom is -0.457 e. The molecule has 10 nitrogen and oxygen atoms in total. The number of amides is 1. The van der Waals surface area contributed by atoms with Crippen molar-refractivity contribution < 1.29 is 14.3 Å². The van der Waals surface area contributed by atoms with E-state index >= 15 is 0 Å². The van der Waals surface area contributed by atoms with Gasteiger partial charge < -0.3 is 24.3 Å². The number of alkyl halides is 1. The van der Waals surface area contributed by atoms with Crippen molar-refractivity contribution in [1.82, 2.24) is 19.4 Å². The van der Waals surface area contributed by atoms with Crippen LogP contribution in [-0.2, 0) is 16.3 Å². The number of nitrogens with zero attached hydrogens (tertiary/aromatic N) is 6. The molecule has 2 aliphatic rings. The van der Waals surface area contributed by atoms with Crippen LogP contribution >= 0.6 is 11.6 Å². The Hall–Kier alpha value is -3.93. The van der Waals surface area contributed by atoms with E-state index in [1.165, 1.54) is 0 Å². The number of ether oxygens (including phenoxy) is 2. The number of piperidine rings is 1. The summed E-state index contributed by atoms with van der Waals surface area (Å²) in [5.74, 6) is 2.97. The second kappa shape index (κ2) is 13.0. The Morgan fingerprint density at radius 3 is 2.45 bits per heavy atom. The Balaban J connectivity index is 1.28. The number of likely N-dealkylation sites (tertiary alicyclic amines) is 1. The lowest BCUT2D eigenvalue weighted by atomic mass is 10.0. The summed E-state index contributed by atoms with van der Waals surface area (Å²) in [5.41, 5.74) is 2.60. The van der Waals surface area contributed by atoms with Crippen molar-refractivity contribution in [1.29, 1.82) is 0 Å². The minimum atomic E-state index is -1.21. The van der Waals surface area contributed by atoms with Gasteiger partial charge in [0.05, 0.1) is 17.0 Å². The van der Waals surface area contributed by atoms with E-state index in [1.807, 2.05) is 69.1 Å². The molecule has 0 atom stereocenters. The van der Waals surface area contributed by atoms with Gasteiger partial charge in [-0.3, -0.25) is 4.79 Å². The van der Waals surface area contributed by atoms with Crippen LogP contribution in [0.15, 0.2) is 72.2 Å². The van der Waals surface area contributed by atoms with Crippen LogP contribution in [0.25, 0.3) is 11.0 Å². The number of hydrogen-bond donors (Lipinski definition) is 1. The maximum Gasteiger partial charge on any atom is 0.237 e. The van der Waals surface area contributed by atoms with Crippen molar-refractivity contribution in [3.05, 3.63) is 72.7 Å². The monoisotopic (exact) mass is 631 g/mol. The molecule has 1 N–H and O–H groups in total. The molecule has 6 rings (SSSR count). The Labute approximate surface area is 263 Å². The molecule has 0 spiro atoms. The number of anilines is 2. The van der Waals surface area contributed by atoms with E-state index in [0.717, 1.165) is 58.5 Å². The lowest BCUT2D eigenvalue weighted by Gasteiger charge is -2.38. The number of hydrogen-bond acceptors (Lipinski definition) is 8. The zero-order valence-corrected chi connectivity index (χ0v) is 27.1. The van der Waals surface area contributed by atoms with Gasteiger partial charge in [-0.05, 0) is 55.3 Å². The maximum atomic E-state index is 12.2. The number of halogens is 1. The first-order valence-electron chi connectivity index (χ1n) is 15.0. The molecule has 2 aromatic carbocycles. The number of hydrazone groups is 1. The summed E-state index contributed by atoms with van der Waals surface area (Å²) in [6.07, 6.45) is 5.16. The molecule has 1 saturated heterocycles. The van der Waals surface area contributed by atoms with E-state index in [-0.39, 0.29) is 17.8 Å². The predicted octanol–water partition coefficient (Wildman–Crippen LogP) is 6.36. The number of carbonyl (C=O) groups excluding carboxylic acids is 1. The highest BCUT2D eigenvalue weighted by molar-refractivity contribution is 6.76. The second-order valence-corrected chi connectivity index (χ2v) is 18.2. The van der Waals surface area contributed by atoms with Crippen LogP contribution in [0.3, 0.4) is 0 Å². The molecule has 4 aromatic rings. The summed E-state index contributed by atoms with van der Waals surface area (Å²) in [4.78, 5) is 23.4. The van der Waals surface area contributed by atoms with Gasteiger partial charge in [0, 0.05) is 39.7 Å². The maximum absolute atomic E-state index is 12.2. The number of aromatic nitrogens is 3. The summed E-state index contributed by atoms with van der Waals surface area (Å²) in [5, 5.41) is 11.6. The summed E-state index contributed by atoms with van der Waals surface area (Å²) in [7, 11) is -1.21. The average Bonchev–Trinajstić information content (AvgIpc) is 3.41. The molecule has 2 aromatic heterocycles. The minimum absolute atomic E-state index is 0.000794. The topological polar surface area (TPSA) is 97.1 Å². The first-order chi connectivity index (χ1) is 21.3. The first-order valence-corrected chi connectivity index (χ1v) is 19.3. The fourth-order valence-electron chi connectivity index (χ4n) is 5.47. The van der Waals surface area contributed by atoms with Crippen LogP contribution in [0, 0.1) is 0 Å². The van der Waals surface area contributed by atoms with Crippen LogP contribution in [0.4, 0.5) is 11.5 Å². The summed E-state index contributed by atoms with van der Waals surface area (Å²) in [6.45, 7) is 9.41. The number of carbonyl (C=O) groups is 1. The van der Waals surface area contributed by atoms with Gasteiger partial charge in [-0.1, -0.05) is 37.8 Å². The van der Waals surface area contributed by atoms with Crippen molar-refractivity contribution in [2.75, 3.05) is 35.9 Å². The lowest BCUT2D eigenvalue weighted by Crippen LogP contribution is -2.47. The van der Waals surface area contributed by atoms with E-state index < -0.39 is 8.07 Å². The second-order valence-electron chi connectivity index (χ2n) is 12.4. The molecule has 4 heterocycles. The smallest absolute Gasteiger partial charge is 0.237 e. The van der Waals surface area contributed by atoms with E-state index in [1.54, 1.807) is 6.33 Å². The molecule has 0 saturated carbocycles. The molecule has 0 radical (unpaired) electrons. The van der Waals surface area contributed by atoms with Crippen LogP contribution in [-0.4, -0.2) is 70.9 Å². The van der Waals surface area contributed by atoms with Gasteiger partial charge in [0.2, 0.25) is 5.91 Å². The van der Waals surface area contributed by atoms with E-state index in [4.69, 9.17) is 31.2 Å². The molecule has 2 aliphatic heterocycles. The standard InChI is InChI=1S/C32H38ClN7O3Si/c1-44(2,3)18-17-42-22-39-20-27-29-31(39)34-21-35-32(29)40(24-13-15-38(16-14-24)28(41)19-33)37-30(27)36-23-9-11-26(12-10-23)43-25-7-5-4-6-8-25/h4-12,20-21,24H,13-19,22H2,1-3H3,(H,36,37). The quantitative estimate of drug-likeness (QED) is 0.124. The fraction of sp³-hybridized carbons (Fsp3) is 0.375. The summed E-state index contributed by atoms with van der Waals surface area (Å²) in [6, 6.07) is 18.7. The van der Waals surface area contributed by atoms with Crippen molar-refractivity contribution in [3.8, 4) is 11.5 Å². The van der Waals surface area contributed by atoms with E-state index in [0.29, 0.717) is 32.3 Å². The van der Waals surface area contributed by atoms with Gasteiger partial charge in [-0.25, -0.2) is 15.0 Å². The normalized spacial score (nSPS) is 15.4. The molecule has 0 bridgehead atoms. The van der Waals surface area contributed by atoms with Crippen LogP contribution in [0.1, 0.15) is 18.4 Å². The van der Waals surface area contributed by atoms with E-state index in [2.05, 4.69) is 36.1 Å². The van der Waals surface area contributed by atoms with Crippen LogP contribution < -0.4 is 15.1 Å². The van der Waals surface area contributed by atoms with Crippen molar-refractivity contribution in [2.45, 2.75) is 51.3 Å². The zero-order chi connectivity index (χ0) is 30.7. The van der Waals surface area contributed by atoms with Crippen molar-refractivity contribution in [2.24, 2.45) is 5.10 Å². The molecule has 12 heteroatoms. The molecular formula is C32H38ClN7O3Si. The molecule has 230 valence electrons. The lowest BCUT2D eigenvalue weighted by molar-refractivity contribution is -0.129. The highest BCUT2D eigenvalue weighted by Crippen LogP contribution is 2.36. The van der Waals surface area contributed by atoms with Gasteiger partial charge in [-0.2, -0.15) is 5.10 Å². The highest BCUT2D eigenvalue weighted by Gasteiger charge is 2.34. The predicted molar refractivity (Wildman–Crippen MR) is 178 cm³/mol. The molecule has 0 unspecified atom stereocenters. The molecular weight excluding hydrogens is 594 g/mol. The SMILES string of the molecule is C[Si](C)(C)CCOCn1cc2c3c(ncnc31)N(C1CCN(C(=O)CCl)CC1)N=C2Nc1ccc(Oc2ccccc2)cc1. The molecule has 1 fully saturated rings. The largest absolute Gasteiger partial charge is 0.457 e. The zero-order valence-electron chi connectivity index (χ0n) is 25.4. The Bertz CT molecular complexity index is 1630. The van der Waals surface area contributed by atoms with Gasteiger partial charge in [0.25, 0.3) is 0 Å². The Morgan fingerprint density at radius 1 is 1.02 bits per heavy atom. The number of rotatable bonds is 10. The van der Waals surface area contributed by atoms with Gasteiger partial charge in [0.15, 0.2) is 11.7 Å². The van der Waals surface area contributed by atoms with Crippen LogP contribution in [0.2, 0.25) is 25.7 Å². The van der Waals surface area contributed by atoms with Gasteiger partial charge in [0.1, 0.15) is 36.1 Å². The number of nitrogens with one attached hydrogen (secondary N) is 1. The third-order valence-corrected chi connectivity index (χ3v) is 9.85. The Morgan fingerprint density at radius 2 is 1.75 bits per heavy atom. The third kappa shape index (κ3) is 6.74. The summed E-state index contributed by atoms with van der Waals surface area (Å²) < 4.78 is 14.2. The molecule has 0 aliphatic carbocycles. The number of benzene rings is 2. The highest BCUT2D eigenvalue weighted by atomic mass is 35.5. The van der Waals surface area contributed by atoms with Gasteiger partial charge >= 0.3 is 0 Å². The van der Waals surface area contributed by atoms with E-state index in [9.17, 15) is 4.79 Å². The first kappa shape index (κ1) is 30.1. The fourth-order valence-corrected chi connectivity index (χ4v) is 6.39. The average molecular weight is 632 g/mol. The molecule has 44 heavy (non-hydrogen) atoms. The Kier molecular flexibility index (Phi) is 8.88. The third-order valence-electron chi connectivity index (χ3n) is 7.91. The van der Waals surface area contributed by atoms with Crippen molar-refractivity contribution >= 4 is 54.0 Å². The van der Waals surface area contributed by atoms with Gasteiger partial charge in [-0.15, -0.1) is 11.6 Å². The van der Waals surface area contributed by atoms with Crippen molar-refractivity contribution in [3.63, 3.8) is 0 Å². The number of amidine groups is 1.